The highest BCUT2D eigenvalue weighted by Crippen LogP contribution is 2.26. The van der Waals surface area contributed by atoms with E-state index in [1.807, 2.05) is 41.5 Å². The van der Waals surface area contributed by atoms with Crippen LogP contribution in [0.2, 0.25) is 17.5 Å². The van der Waals surface area contributed by atoms with E-state index < -0.39 is 21.8 Å². The van der Waals surface area contributed by atoms with Gasteiger partial charge >= 0.3 is 36.0 Å². The van der Waals surface area contributed by atoms with E-state index in [1.54, 1.807) is 0 Å². The Morgan fingerprint density at radius 2 is 1.05 bits per heavy atom. The second-order valence-corrected chi connectivity index (χ2v) is 6.23. The molecule has 0 amide bonds. The summed E-state index contributed by atoms with van der Waals surface area (Å²) in [6, 6.07) is 0. The van der Waals surface area contributed by atoms with Crippen molar-refractivity contribution in [3.8, 4) is 0 Å². The lowest BCUT2D eigenvalue weighted by Gasteiger charge is -2.37. The van der Waals surface area contributed by atoms with E-state index in [0.717, 1.165) is 0 Å². The Labute approximate surface area is 123 Å². The quantitative estimate of drug-likeness (QED) is 0.662. The zero-order chi connectivity index (χ0) is 14.9. The maximum atomic E-state index is 5.60. The Bertz CT molecular complexity index is 281. The van der Waals surface area contributed by atoms with E-state index in [0.29, 0.717) is 11.6 Å². The van der Waals surface area contributed by atoms with Gasteiger partial charge in [0.1, 0.15) is 0 Å². The van der Waals surface area contributed by atoms with Crippen molar-refractivity contribution >= 4 is 36.0 Å². The van der Waals surface area contributed by atoms with Crippen molar-refractivity contribution in [2.45, 2.75) is 59.0 Å². The molecule has 2 aliphatic heterocycles. The number of hydrogen-bond acceptors (Lipinski definition) is 6. The fraction of sp³-hybridized carbons (Fsp3) is 1.00. The van der Waals surface area contributed by atoms with Crippen LogP contribution in [-0.2, 0) is 27.4 Å². The zero-order valence-electron chi connectivity index (χ0n) is 13.1. The molecule has 0 radical (unpaired) electrons. The monoisotopic (exact) mass is 280 g/mol. The lowest BCUT2D eigenvalue weighted by Crippen LogP contribution is -2.59. The molecule has 2 heterocycles. The minimum absolute atomic E-state index is 0.130. The summed E-state index contributed by atoms with van der Waals surface area (Å²) in [5.74, 6) is 0.738. The van der Waals surface area contributed by atoms with E-state index in [2.05, 4.69) is 0 Å². The van der Waals surface area contributed by atoms with Gasteiger partial charge < -0.3 is 27.4 Å². The van der Waals surface area contributed by atoms with Crippen LogP contribution in [-0.4, -0.2) is 36.0 Å². The highest BCUT2D eigenvalue weighted by Gasteiger charge is 2.51. The molecule has 0 aromatic heterocycles. The summed E-state index contributed by atoms with van der Waals surface area (Å²) in [5.41, 5.74) is 0. The van der Waals surface area contributed by atoms with Crippen LogP contribution in [0.25, 0.3) is 0 Å². The minimum Gasteiger partial charge on any atom is -0.427 e. The molecule has 0 unspecified atom stereocenters. The predicted octanol–water partition coefficient (Wildman–Crippen LogP) is 1.78. The van der Waals surface area contributed by atoms with E-state index in [-0.39, 0.29) is 20.1 Å². The Balaban J connectivity index is 1.70. The normalized spacial score (nSPS) is 19.1. The van der Waals surface area contributed by atoms with E-state index in [1.165, 1.54) is 0 Å². The summed E-state index contributed by atoms with van der Waals surface area (Å²) in [6.45, 7) is 12.1. The first-order valence-corrected chi connectivity index (χ1v) is 7.29. The van der Waals surface area contributed by atoms with Gasteiger partial charge in [0, 0.05) is 0 Å². The van der Waals surface area contributed by atoms with Crippen LogP contribution in [0, 0.1) is 0 Å². The standard InChI is InChI=1S/C9H21B5O6/c1-7(2)10(15-13-17-11(18-13)8(3)4)16-14-19-12(20-14)9(5)6/h7-9H,1-6H3. The van der Waals surface area contributed by atoms with Gasteiger partial charge in [0.2, 0.25) is 0 Å². The van der Waals surface area contributed by atoms with Crippen LogP contribution < -0.4 is 0 Å². The molecule has 0 atom stereocenters. The fourth-order valence-electron chi connectivity index (χ4n) is 1.78. The summed E-state index contributed by atoms with van der Waals surface area (Å²) in [7, 11) is -2.23. The first kappa shape index (κ1) is 16.5. The molecule has 2 fully saturated rings. The first-order chi connectivity index (χ1) is 9.36. The van der Waals surface area contributed by atoms with Gasteiger partial charge in [-0.05, 0) is 17.5 Å². The van der Waals surface area contributed by atoms with Crippen LogP contribution >= 0.6 is 0 Å². The highest BCUT2D eigenvalue weighted by molar-refractivity contribution is 6.78. The molecule has 6 nitrogen and oxygen atoms in total. The van der Waals surface area contributed by atoms with Crippen molar-refractivity contribution in [1.82, 2.24) is 0 Å². The molecule has 0 bridgehead atoms. The molecule has 2 aliphatic rings. The molecule has 0 aromatic rings. The second kappa shape index (κ2) is 6.90. The van der Waals surface area contributed by atoms with Crippen LogP contribution in [0.15, 0.2) is 0 Å². The molecule has 2 rings (SSSR count). The van der Waals surface area contributed by atoms with Gasteiger partial charge in [-0.2, -0.15) is 0 Å². The van der Waals surface area contributed by atoms with Gasteiger partial charge in [-0.15, -0.1) is 0 Å². The zero-order valence-corrected chi connectivity index (χ0v) is 13.1. The lowest BCUT2D eigenvalue weighted by atomic mass is 9.64. The topological polar surface area (TPSA) is 55.4 Å². The van der Waals surface area contributed by atoms with Gasteiger partial charge in [0.15, 0.2) is 0 Å². The Morgan fingerprint density at radius 1 is 0.700 bits per heavy atom. The molecule has 11 heteroatoms. The van der Waals surface area contributed by atoms with Crippen LogP contribution in [0.1, 0.15) is 41.5 Å². The van der Waals surface area contributed by atoms with Crippen LogP contribution in [0.4, 0.5) is 0 Å². The molecule has 0 aliphatic carbocycles. The van der Waals surface area contributed by atoms with Gasteiger partial charge in [0.25, 0.3) is 0 Å². The molecule has 0 aromatic carbocycles. The third kappa shape index (κ3) is 4.05. The molecule has 20 heavy (non-hydrogen) atoms. The molecule has 2 saturated heterocycles. The summed E-state index contributed by atoms with van der Waals surface area (Å²) in [4.78, 5) is 0. The molecular formula is C9H21B5O6. The third-order valence-corrected chi connectivity index (χ3v) is 3.10. The lowest BCUT2D eigenvalue weighted by molar-refractivity contribution is 0.153. The fourth-order valence-corrected chi connectivity index (χ4v) is 1.78. The highest BCUT2D eigenvalue weighted by atomic mass is 16.8. The smallest absolute Gasteiger partial charge is 0.427 e. The summed E-state index contributed by atoms with van der Waals surface area (Å²) >= 11 is 0. The first-order valence-electron chi connectivity index (χ1n) is 7.29. The van der Waals surface area contributed by atoms with Crippen molar-refractivity contribution in [3.63, 3.8) is 0 Å². The average Bonchev–Trinajstić information content (AvgIpc) is 2.21. The SMILES string of the molecule is CC(C)B1OB(OB(OB2OB(C(C)C)O2)C(C)C)O1. The number of rotatable bonds is 7. The Morgan fingerprint density at radius 3 is 1.30 bits per heavy atom. The van der Waals surface area contributed by atoms with Gasteiger partial charge in [0.05, 0.1) is 0 Å². The minimum atomic E-state index is -0.671. The van der Waals surface area contributed by atoms with E-state index >= 15 is 0 Å². The summed E-state index contributed by atoms with van der Waals surface area (Å²) < 4.78 is 33.1. The van der Waals surface area contributed by atoms with E-state index in [9.17, 15) is 0 Å². The molecular weight excluding hydrogens is 258 g/mol. The van der Waals surface area contributed by atoms with Crippen molar-refractivity contribution < 1.29 is 27.4 Å². The van der Waals surface area contributed by atoms with E-state index in [4.69, 9.17) is 27.4 Å². The van der Waals surface area contributed by atoms with Crippen molar-refractivity contribution in [2.75, 3.05) is 0 Å². The van der Waals surface area contributed by atoms with Gasteiger partial charge in [-0.3, -0.25) is 0 Å². The van der Waals surface area contributed by atoms with Crippen LogP contribution in [0.5, 0.6) is 0 Å². The average molecular weight is 279 g/mol. The predicted molar refractivity (Wildman–Crippen MR) is 80.6 cm³/mol. The molecule has 0 N–H and O–H groups in total. The summed E-state index contributed by atoms with van der Waals surface area (Å²) in [5, 5.41) is 0. The third-order valence-electron chi connectivity index (χ3n) is 3.10. The second-order valence-electron chi connectivity index (χ2n) is 6.23. The van der Waals surface area contributed by atoms with Crippen molar-refractivity contribution in [3.05, 3.63) is 0 Å². The maximum Gasteiger partial charge on any atom is 0.597 e. The Kier molecular flexibility index (Phi) is 5.67. The molecule has 108 valence electrons. The van der Waals surface area contributed by atoms with Crippen LogP contribution in [0.3, 0.4) is 0 Å². The van der Waals surface area contributed by atoms with Gasteiger partial charge in [-0.1, -0.05) is 41.5 Å². The summed E-state index contributed by atoms with van der Waals surface area (Å²) in [6.07, 6.45) is 0. The number of hydrogen-bond donors (Lipinski definition) is 0. The Hall–Kier alpha value is 0.0847. The van der Waals surface area contributed by atoms with Crippen molar-refractivity contribution in [1.29, 1.82) is 0 Å². The maximum absolute atomic E-state index is 5.60. The molecule has 0 spiro atoms. The van der Waals surface area contributed by atoms with Crippen molar-refractivity contribution in [2.24, 2.45) is 0 Å². The van der Waals surface area contributed by atoms with Gasteiger partial charge in [-0.25, -0.2) is 0 Å². The molecule has 0 saturated carbocycles. The largest absolute Gasteiger partial charge is 0.597 e.